The molecule has 0 radical (unpaired) electrons. The summed E-state index contributed by atoms with van der Waals surface area (Å²) in [6, 6.07) is 7.89. The van der Waals surface area contributed by atoms with Crippen LogP contribution >= 0.6 is 22.6 Å². The standard InChI is InChI=1S/C10H10IN3O/c11-8-4-2-1-3-7(8)10-14-13-9(15-10)5-6-12/h1-4H,5-6,12H2. The summed E-state index contributed by atoms with van der Waals surface area (Å²) in [5.74, 6) is 1.15. The Labute approximate surface area is 101 Å². The molecule has 0 amide bonds. The Morgan fingerprint density at radius 2 is 2.07 bits per heavy atom. The minimum absolute atomic E-state index is 0.521. The second kappa shape index (κ2) is 4.71. The number of aromatic nitrogens is 2. The number of benzene rings is 1. The lowest BCUT2D eigenvalue weighted by Crippen LogP contribution is -2.02. The van der Waals surface area contributed by atoms with Crippen LogP contribution in [0.1, 0.15) is 5.89 Å². The van der Waals surface area contributed by atoms with E-state index in [9.17, 15) is 0 Å². The number of nitrogens with two attached hydrogens (primary N) is 1. The molecule has 0 spiro atoms. The molecule has 0 aliphatic heterocycles. The highest BCUT2D eigenvalue weighted by Crippen LogP contribution is 2.23. The largest absolute Gasteiger partial charge is 0.421 e. The lowest BCUT2D eigenvalue weighted by atomic mass is 10.2. The van der Waals surface area contributed by atoms with E-state index < -0.39 is 0 Å². The van der Waals surface area contributed by atoms with Crippen molar-refractivity contribution in [2.45, 2.75) is 6.42 Å². The molecule has 15 heavy (non-hydrogen) atoms. The van der Waals surface area contributed by atoms with Crippen molar-refractivity contribution < 1.29 is 4.42 Å². The molecule has 0 bridgehead atoms. The van der Waals surface area contributed by atoms with Crippen LogP contribution in [0.4, 0.5) is 0 Å². The van der Waals surface area contributed by atoms with Gasteiger partial charge in [0, 0.05) is 16.5 Å². The quantitative estimate of drug-likeness (QED) is 0.878. The second-order valence-corrected chi connectivity index (χ2v) is 4.18. The third kappa shape index (κ3) is 2.35. The van der Waals surface area contributed by atoms with Gasteiger partial charge in [-0.3, -0.25) is 0 Å². The molecule has 78 valence electrons. The summed E-state index contributed by atoms with van der Waals surface area (Å²) in [7, 11) is 0. The molecule has 0 fully saturated rings. The van der Waals surface area contributed by atoms with E-state index in [4.69, 9.17) is 10.2 Å². The number of halogens is 1. The van der Waals surface area contributed by atoms with Gasteiger partial charge in [0.15, 0.2) is 0 Å². The molecule has 2 aromatic rings. The fourth-order valence-electron chi connectivity index (χ4n) is 1.22. The van der Waals surface area contributed by atoms with E-state index in [-0.39, 0.29) is 0 Å². The maximum Gasteiger partial charge on any atom is 0.248 e. The van der Waals surface area contributed by atoms with Gasteiger partial charge in [0.1, 0.15) is 0 Å². The fourth-order valence-corrected chi connectivity index (χ4v) is 1.84. The van der Waals surface area contributed by atoms with Crippen molar-refractivity contribution in [3.8, 4) is 11.5 Å². The topological polar surface area (TPSA) is 64.9 Å². The molecule has 0 aliphatic carbocycles. The van der Waals surface area contributed by atoms with E-state index in [0.717, 1.165) is 9.13 Å². The van der Waals surface area contributed by atoms with E-state index in [0.29, 0.717) is 24.7 Å². The normalized spacial score (nSPS) is 10.5. The van der Waals surface area contributed by atoms with Gasteiger partial charge in [0.25, 0.3) is 0 Å². The van der Waals surface area contributed by atoms with Crippen LogP contribution in [-0.2, 0) is 6.42 Å². The van der Waals surface area contributed by atoms with Gasteiger partial charge in [0.05, 0.1) is 5.56 Å². The molecule has 0 unspecified atom stereocenters. The maximum absolute atomic E-state index is 5.48. The van der Waals surface area contributed by atoms with E-state index in [1.165, 1.54) is 0 Å². The number of hydrogen-bond donors (Lipinski definition) is 1. The molecule has 2 N–H and O–H groups in total. The van der Waals surface area contributed by atoms with Crippen molar-refractivity contribution in [3.63, 3.8) is 0 Å². The zero-order chi connectivity index (χ0) is 10.7. The molecule has 0 saturated heterocycles. The van der Waals surface area contributed by atoms with Crippen LogP contribution in [0.2, 0.25) is 0 Å². The van der Waals surface area contributed by atoms with Crippen molar-refractivity contribution in [3.05, 3.63) is 33.7 Å². The first-order valence-corrected chi connectivity index (χ1v) is 5.66. The van der Waals surface area contributed by atoms with Gasteiger partial charge in [-0.1, -0.05) is 12.1 Å². The van der Waals surface area contributed by atoms with Gasteiger partial charge in [-0.2, -0.15) is 0 Å². The van der Waals surface area contributed by atoms with Crippen LogP contribution in [-0.4, -0.2) is 16.7 Å². The molecule has 1 aromatic carbocycles. The third-order valence-electron chi connectivity index (χ3n) is 1.93. The van der Waals surface area contributed by atoms with Gasteiger partial charge >= 0.3 is 0 Å². The van der Waals surface area contributed by atoms with Crippen molar-refractivity contribution in [2.24, 2.45) is 5.73 Å². The lowest BCUT2D eigenvalue weighted by Gasteiger charge is -1.96. The number of nitrogens with zero attached hydrogens (tertiary/aromatic N) is 2. The Balaban J connectivity index is 2.33. The van der Waals surface area contributed by atoms with E-state index in [1.807, 2.05) is 24.3 Å². The van der Waals surface area contributed by atoms with Crippen LogP contribution in [0.15, 0.2) is 28.7 Å². The van der Waals surface area contributed by atoms with Crippen molar-refractivity contribution in [1.82, 2.24) is 10.2 Å². The predicted octanol–water partition coefficient (Wildman–Crippen LogP) is 1.84. The van der Waals surface area contributed by atoms with Crippen LogP contribution in [0, 0.1) is 3.57 Å². The highest BCUT2D eigenvalue weighted by Gasteiger charge is 2.10. The summed E-state index contributed by atoms with van der Waals surface area (Å²) in [6.45, 7) is 0.521. The molecular weight excluding hydrogens is 305 g/mol. The molecule has 1 heterocycles. The number of hydrogen-bond acceptors (Lipinski definition) is 4. The van der Waals surface area contributed by atoms with Crippen LogP contribution in [0.5, 0.6) is 0 Å². The highest BCUT2D eigenvalue weighted by atomic mass is 127. The molecule has 5 heteroatoms. The summed E-state index contributed by atoms with van der Waals surface area (Å²) in [6.07, 6.45) is 0.621. The van der Waals surface area contributed by atoms with Gasteiger partial charge in [-0.25, -0.2) is 0 Å². The summed E-state index contributed by atoms with van der Waals surface area (Å²) >= 11 is 2.24. The monoisotopic (exact) mass is 315 g/mol. The van der Waals surface area contributed by atoms with Crippen molar-refractivity contribution >= 4 is 22.6 Å². The van der Waals surface area contributed by atoms with E-state index >= 15 is 0 Å². The molecule has 1 aromatic heterocycles. The Morgan fingerprint density at radius 1 is 1.27 bits per heavy atom. The van der Waals surface area contributed by atoms with Crippen LogP contribution in [0.25, 0.3) is 11.5 Å². The first-order chi connectivity index (χ1) is 7.31. The van der Waals surface area contributed by atoms with Crippen LogP contribution < -0.4 is 5.73 Å². The Morgan fingerprint density at radius 3 is 2.80 bits per heavy atom. The SMILES string of the molecule is NCCc1nnc(-c2ccccc2I)o1. The molecule has 2 rings (SSSR count). The molecule has 0 saturated carbocycles. The maximum atomic E-state index is 5.48. The summed E-state index contributed by atoms with van der Waals surface area (Å²) in [5.41, 5.74) is 6.38. The first-order valence-electron chi connectivity index (χ1n) is 4.58. The van der Waals surface area contributed by atoms with E-state index in [1.54, 1.807) is 0 Å². The minimum atomic E-state index is 0.521. The third-order valence-corrected chi connectivity index (χ3v) is 2.87. The molecule has 4 nitrogen and oxygen atoms in total. The van der Waals surface area contributed by atoms with Gasteiger partial charge in [0.2, 0.25) is 11.8 Å². The first kappa shape index (κ1) is 10.6. The Hall–Kier alpha value is -0.950. The number of rotatable bonds is 3. The van der Waals surface area contributed by atoms with Gasteiger partial charge < -0.3 is 10.2 Å². The Kier molecular flexibility index (Phi) is 3.32. The highest BCUT2D eigenvalue weighted by molar-refractivity contribution is 14.1. The lowest BCUT2D eigenvalue weighted by molar-refractivity contribution is 0.507. The Bertz CT molecular complexity index is 455. The fraction of sp³-hybridized carbons (Fsp3) is 0.200. The van der Waals surface area contributed by atoms with E-state index in [2.05, 4.69) is 32.8 Å². The van der Waals surface area contributed by atoms with Crippen molar-refractivity contribution in [1.29, 1.82) is 0 Å². The molecule has 0 aliphatic rings. The van der Waals surface area contributed by atoms with Crippen LogP contribution in [0.3, 0.4) is 0 Å². The zero-order valence-corrected chi connectivity index (χ0v) is 10.1. The molecular formula is C10H10IN3O. The molecule has 0 atom stereocenters. The van der Waals surface area contributed by atoms with Crippen molar-refractivity contribution in [2.75, 3.05) is 6.54 Å². The zero-order valence-electron chi connectivity index (χ0n) is 7.98. The predicted molar refractivity (Wildman–Crippen MR) is 65.2 cm³/mol. The smallest absolute Gasteiger partial charge is 0.248 e. The van der Waals surface area contributed by atoms with Gasteiger partial charge in [-0.15, -0.1) is 10.2 Å². The summed E-state index contributed by atoms with van der Waals surface area (Å²) in [4.78, 5) is 0. The summed E-state index contributed by atoms with van der Waals surface area (Å²) in [5, 5.41) is 7.91. The average molecular weight is 315 g/mol. The average Bonchev–Trinajstić information content (AvgIpc) is 2.68. The second-order valence-electron chi connectivity index (χ2n) is 3.02. The summed E-state index contributed by atoms with van der Waals surface area (Å²) < 4.78 is 6.58. The van der Waals surface area contributed by atoms with Gasteiger partial charge in [-0.05, 0) is 34.7 Å². The minimum Gasteiger partial charge on any atom is -0.421 e.